The number of rotatable bonds is 9. The van der Waals surface area contributed by atoms with Gasteiger partial charge in [-0.05, 0) is 90.8 Å². The van der Waals surface area contributed by atoms with Gasteiger partial charge in [-0.1, -0.05) is 195 Å². The summed E-state index contributed by atoms with van der Waals surface area (Å²) in [7, 11) is -1.34. The van der Waals surface area contributed by atoms with Gasteiger partial charge < -0.3 is 14.0 Å². The normalized spacial score (nSPS) is 12.6. The number of aryl methyl sites for hydroxylation is 1. The van der Waals surface area contributed by atoms with E-state index in [-0.39, 0.29) is 37.4 Å². The van der Waals surface area contributed by atoms with Gasteiger partial charge in [0.15, 0.2) is 0 Å². The first-order valence-electron chi connectivity index (χ1n) is 26.9. The molecule has 11 rings (SSSR count). The number of hydrogen-bond acceptors (Lipinski definition) is 4. The number of nitrogens with zero attached hydrogens (tertiary/aromatic N) is 4. The summed E-state index contributed by atoms with van der Waals surface area (Å²) in [4.78, 5) is 14.9. The van der Waals surface area contributed by atoms with Crippen molar-refractivity contribution in [2.75, 3.05) is 0 Å². The van der Waals surface area contributed by atoms with Gasteiger partial charge in [0.1, 0.15) is 5.58 Å². The first kappa shape index (κ1) is 47.9. The Morgan fingerprint density at radius 3 is 1.82 bits per heavy atom. The molecule has 0 fully saturated rings. The molecule has 1 radical (unpaired) electrons. The van der Waals surface area contributed by atoms with Crippen LogP contribution in [0.4, 0.5) is 0 Å². The number of furan rings is 1. The van der Waals surface area contributed by atoms with Crippen molar-refractivity contribution in [3.63, 3.8) is 0 Å². The fourth-order valence-corrected chi connectivity index (χ4v) is 10.7. The topological polar surface area (TPSA) is 56.7 Å². The summed E-state index contributed by atoms with van der Waals surface area (Å²) in [6, 6.07) is 61.0. The Balaban J connectivity index is 0.000000290. The molecular formula is C67H64IrN4OSi-2. The quantitative estimate of drug-likeness (QED) is 0.107. The second kappa shape index (κ2) is 21.1. The summed E-state index contributed by atoms with van der Waals surface area (Å²) >= 11 is 0. The van der Waals surface area contributed by atoms with Crippen molar-refractivity contribution in [1.82, 2.24) is 19.5 Å². The SMILES string of the molecule is CC(C)c1cc(-c2ccccc2)cc(C(C)C)c1-n1c(-c2[c-]ccc3c2oc2cc(-c4ccc(-c5ccccc5)cc4)ccc23)nc2c(C(C)(C)C)cncc21.[2H]C([2H])([2H])c1c[c-]c(-c2ccc([Si](C)(C)C)cn2)cc1.[Ir]. The zero-order valence-corrected chi connectivity index (χ0v) is 47.3. The molecule has 7 aromatic carbocycles. The van der Waals surface area contributed by atoms with Gasteiger partial charge in [0.25, 0.3) is 0 Å². The van der Waals surface area contributed by atoms with Gasteiger partial charge in [0.2, 0.25) is 0 Å². The van der Waals surface area contributed by atoms with Crippen molar-refractivity contribution < 1.29 is 28.6 Å². The summed E-state index contributed by atoms with van der Waals surface area (Å²) in [6.45, 7) is 20.6. The largest absolute Gasteiger partial charge is 0.501 e. The molecule has 0 saturated heterocycles. The van der Waals surface area contributed by atoms with Crippen LogP contribution in [0.25, 0.3) is 94.7 Å². The van der Waals surface area contributed by atoms with Gasteiger partial charge in [0, 0.05) is 53.2 Å². The minimum absolute atomic E-state index is 0. The third-order valence-electron chi connectivity index (χ3n) is 13.8. The van der Waals surface area contributed by atoms with E-state index in [0.29, 0.717) is 5.56 Å². The molecule has 0 saturated carbocycles. The maximum Gasteiger partial charge on any atom is 0.121 e. The van der Waals surface area contributed by atoms with Crippen LogP contribution in [0.15, 0.2) is 181 Å². The van der Waals surface area contributed by atoms with Gasteiger partial charge in [0.05, 0.1) is 36.7 Å². The van der Waals surface area contributed by atoms with Crippen molar-refractivity contribution in [2.45, 2.75) is 92.2 Å². The van der Waals surface area contributed by atoms with E-state index in [1.165, 1.54) is 44.6 Å². The van der Waals surface area contributed by atoms with E-state index in [1.807, 2.05) is 30.7 Å². The number of aromatic nitrogens is 4. The monoisotopic (exact) mass is 1160 g/mol. The van der Waals surface area contributed by atoms with Gasteiger partial charge in [-0.3, -0.25) is 9.97 Å². The molecule has 0 aliphatic heterocycles. The molecule has 11 aromatic rings. The molecule has 0 N–H and O–H groups in total. The first-order chi connectivity index (χ1) is 36.2. The van der Waals surface area contributed by atoms with Crippen molar-refractivity contribution in [3.05, 3.63) is 211 Å². The van der Waals surface area contributed by atoms with Crippen molar-refractivity contribution in [2.24, 2.45) is 0 Å². The maximum atomic E-state index is 7.35. The van der Waals surface area contributed by atoms with Crippen LogP contribution >= 0.6 is 0 Å². The second-order valence-electron chi connectivity index (χ2n) is 21.8. The Morgan fingerprint density at radius 2 is 1.26 bits per heavy atom. The molecule has 0 aliphatic carbocycles. The molecule has 4 heterocycles. The molecule has 0 aliphatic rings. The molecule has 0 amide bonds. The van der Waals surface area contributed by atoms with E-state index in [4.69, 9.17) is 18.5 Å². The van der Waals surface area contributed by atoms with Gasteiger partial charge in [-0.25, -0.2) is 0 Å². The molecule has 7 heteroatoms. The number of pyridine rings is 2. The third kappa shape index (κ3) is 10.4. The number of hydrogen-bond donors (Lipinski definition) is 0. The smallest absolute Gasteiger partial charge is 0.121 e. The van der Waals surface area contributed by atoms with Crippen LogP contribution in [0, 0.1) is 19.0 Å². The molecule has 4 aromatic heterocycles. The van der Waals surface area contributed by atoms with Gasteiger partial charge in [-0.15, -0.1) is 53.6 Å². The molecule has 0 spiro atoms. The second-order valence-corrected chi connectivity index (χ2v) is 26.9. The maximum absolute atomic E-state index is 7.35. The van der Waals surface area contributed by atoms with E-state index in [0.717, 1.165) is 78.0 Å². The standard InChI is InChI=1S/C52H46N3O.C15H18NSi.Ir/c1-32(2)43-27-39(35-17-12-9-13-18-35)28-44(33(3)4)49(43)55-46-31-53-30-45(52(5,6)7)48(46)54-51(55)42-20-14-19-41-40-26-25-38(29-47(40)56-50(41)42)37-23-21-36(22-24-37)34-15-10-8-11-16-34;1-12-5-7-13(8-6-12)15-10-9-14(11-16-15)17(2,3)4;/h8-19,21-33H,1-7H3;5-7,9-11H,1-4H3;/q2*-1;/i;1D3;. The fourth-order valence-electron chi connectivity index (χ4n) is 9.71. The fraction of sp³-hybridized carbons (Fsp3) is 0.209. The Bertz CT molecular complexity index is 3770. The Hall–Kier alpha value is -7.02. The predicted octanol–water partition coefficient (Wildman–Crippen LogP) is 17.7. The zero-order valence-electron chi connectivity index (χ0n) is 46.9. The van der Waals surface area contributed by atoms with Gasteiger partial charge >= 0.3 is 0 Å². The number of fused-ring (bicyclic) bond motifs is 4. The number of benzene rings is 7. The summed E-state index contributed by atoms with van der Waals surface area (Å²) in [6.07, 6.45) is 5.88. The molecule has 5 nitrogen and oxygen atoms in total. The van der Waals surface area contributed by atoms with Crippen molar-refractivity contribution in [1.29, 1.82) is 0 Å². The van der Waals surface area contributed by atoms with Crippen LogP contribution in [0.1, 0.15) is 86.7 Å². The van der Waals surface area contributed by atoms with Crippen LogP contribution in [0.5, 0.6) is 0 Å². The minimum atomic E-state index is -2.08. The molecular weight excluding hydrogens is 1100 g/mol. The summed E-state index contributed by atoms with van der Waals surface area (Å²) in [5, 5.41) is 3.41. The minimum Gasteiger partial charge on any atom is -0.501 e. The molecule has 0 bridgehead atoms. The van der Waals surface area contributed by atoms with Crippen molar-refractivity contribution in [3.8, 4) is 61.7 Å². The Kier molecular flexibility index (Phi) is 13.7. The average Bonchev–Trinajstić information content (AvgIpc) is 4.16. The molecule has 0 atom stereocenters. The zero-order chi connectivity index (χ0) is 53.7. The third-order valence-corrected chi connectivity index (χ3v) is 15.8. The van der Waals surface area contributed by atoms with E-state index >= 15 is 0 Å². The summed E-state index contributed by atoms with van der Waals surface area (Å²) in [5.74, 6) is 1.28. The van der Waals surface area contributed by atoms with Crippen LogP contribution < -0.4 is 5.19 Å². The molecule has 0 unspecified atom stereocenters. The Morgan fingerprint density at radius 1 is 0.635 bits per heavy atom. The predicted molar refractivity (Wildman–Crippen MR) is 310 cm³/mol. The number of imidazole rings is 1. The van der Waals surface area contributed by atoms with Crippen molar-refractivity contribution >= 4 is 46.2 Å². The molecule has 74 heavy (non-hydrogen) atoms. The van der Waals surface area contributed by atoms with E-state index in [9.17, 15) is 0 Å². The van der Waals surface area contributed by atoms with Crippen LogP contribution in [-0.2, 0) is 25.5 Å². The molecule has 373 valence electrons. The van der Waals surface area contributed by atoms with Crippen LogP contribution in [0.2, 0.25) is 19.6 Å². The van der Waals surface area contributed by atoms with Crippen LogP contribution in [-0.4, -0.2) is 27.6 Å². The van der Waals surface area contributed by atoms with Gasteiger partial charge in [-0.2, -0.15) is 0 Å². The summed E-state index contributed by atoms with van der Waals surface area (Å²) in [5.41, 5.74) is 18.0. The Labute approximate surface area is 456 Å². The summed E-state index contributed by atoms with van der Waals surface area (Å²) < 4.78 is 31.3. The van der Waals surface area contributed by atoms with E-state index in [1.54, 1.807) is 12.1 Å². The first-order valence-corrected chi connectivity index (χ1v) is 28.9. The van der Waals surface area contributed by atoms with E-state index in [2.05, 4.69) is 217 Å². The van der Waals surface area contributed by atoms with Crippen LogP contribution in [0.3, 0.4) is 0 Å². The van der Waals surface area contributed by atoms with E-state index < -0.39 is 14.9 Å². The average molecular weight is 1160 g/mol.